The monoisotopic (exact) mass is 985 g/mol. The van der Waals surface area contributed by atoms with E-state index in [1.165, 1.54) is 96.3 Å². The van der Waals surface area contributed by atoms with Crippen LogP contribution < -0.4 is 10.2 Å². The van der Waals surface area contributed by atoms with Crippen molar-refractivity contribution < 1.29 is 37.3 Å². The van der Waals surface area contributed by atoms with Crippen LogP contribution in [0, 0.1) is 0 Å². The van der Waals surface area contributed by atoms with Gasteiger partial charge < -0.3 is 28.5 Å². The number of hydrogen-bond donors (Lipinski definition) is 1. The molecule has 1 N–H and O–H groups in total. The Hall–Kier alpha value is -2.81. The number of phosphoric acid groups is 1. The SMILES string of the molecule is CC/C=C\C/C=C\C/C=C\C/C=C\C/C=C\CCCC(=O)NC(COP(=O)([O-])OCC[N+](C)(C)C)C(/C=C/CCCCCCCCCCC)OC(=O)CCCCCCCCC/C=C\CCCCCC. The molecule has 69 heavy (non-hydrogen) atoms. The number of nitrogens with zero attached hydrogens (tertiary/aromatic N) is 1. The van der Waals surface area contributed by atoms with Gasteiger partial charge in [-0.25, -0.2) is 0 Å². The smallest absolute Gasteiger partial charge is 0.306 e. The van der Waals surface area contributed by atoms with Gasteiger partial charge in [0.15, 0.2) is 0 Å². The molecule has 0 bridgehead atoms. The summed E-state index contributed by atoms with van der Waals surface area (Å²) in [6, 6.07) is -0.922. The molecule has 0 radical (unpaired) electrons. The van der Waals surface area contributed by atoms with Crippen LogP contribution in [0.3, 0.4) is 0 Å². The van der Waals surface area contributed by atoms with Crippen LogP contribution in [-0.4, -0.2) is 69.4 Å². The van der Waals surface area contributed by atoms with Crippen molar-refractivity contribution in [3.63, 3.8) is 0 Å². The number of unbranched alkanes of at least 4 members (excludes halogenated alkanes) is 21. The number of allylic oxidation sites excluding steroid dienone is 13. The number of ether oxygens (including phenoxy) is 1. The van der Waals surface area contributed by atoms with Crippen LogP contribution >= 0.6 is 7.82 Å². The molecule has 0 aliphatic carbocycles. The van der Waals surface area contributed by atoms with E-state index in [9.17, 15) is 19.0 Å². The highest BCUT2D eigenvalue weighted by Gasteiger charge is 2.27. The molecule has 1 amide bonds. The fourth-order valence-corrected chi connectivity index (χ4v) is 8.21. The first-order valence-corrected chi connectivity index (χ1v) is 29.4. The van der Waals surface area contributed by atoms with E-state index >= 15 is 0 Å². The predicted octanol–water partition coefficient (Wildman–Crippen LogP) is 16.0. The van der Waals surface area contributed by atoms with Gasteiger partial charge in [0.25, 0.3) is 7.82 Å². The number of carbonyl (C=O) groups excluding carboxylic acids is 2. The molecular weight excluding hydrogens is 880 g/mol. The van der Waals surface area contributed by atoms with Crippen molar-refractivity contribution in [1.29, 1.82) is 0 Å². The Labute approximate surface area is 425 Å². The summed E-state index contributed by atoms with van der Waals surface area (Å²) in [5.74, 6) is -0.620. The zero-order chi connectivity index (χ0) is 50.8. The minimum atomic E-state index is -4.71. The number of quaternary nitrogens is 1. The molecule has 0 spiro atoms. The summed E-state index contributed by atoms with van der Waals surface area (Å²) in [6.45, 7) is 6.64. The van der Waals surface area contributed by atoms with Gasteiger partial charge in [-0.2, -0.15) is 0 Å². The van der Waals surface area contributed by atoms with Gasteiger partial charge in [-0.05, 0) is 96.0 Å². The number of likely N-dealkylation sites (N-methyl/N-ethyl adjacent to an activating group) is 1. The number of nitrogens with one attached hydrogen (secondary N) is 1. The average molecular weight is 985 g/mol. The minimum Gasteiger partial charge on any atom is -0.756 e. The van der Waals surface area contributed by atoms with Crippen molar-refractivity contribution in [1.82, 2.24) is 5.32 Å². The van der Waals surface area contributed by atoms with Gasteiger partial charge in [0.1, 0.15) is 19.3 Å². The minimum absolute atomic E-state index is 0.0369. The zero-order valence-corrected chi connectivity index (χ0v) is 46.1. The lowest BCUT2D eigenvalue weighted by Crippen LogP contribution is -2.47. The highest BCUT2D eigenvalue weighted by molar-refractivity contribution is 7.45. The van der Waals surface area contributed by atoms with Crippen molar-refractivity contribution in [2.45, 2.75) is 238 Å². The first-order valence-electron chi connectivity index (χ1n) is 27.9. The largest absolute Gasteiger partial charge is 0.756 e. The molecule has 0 saturated heterocycles. The number of carbonyl (C=O) groups is 2. The molecule has 9 nitrogen and oxygen atoms in total. The maximum atomic E-state index is 13.4. The van der Waals surface area contributed by atoms with Gasteiger partial charge in [0.05, 0.1) is 33.8 Å². The summed E-state index contributed by atoms with van der Waals surface area (Å²) in [7, 11) is 1.14. The van der Waals surface area contributed by atoms with E-state index in [2.05, 4.69) is 99.0 Å². The second-order valence-corrected chi connectivity index (χ2v) is 21.1. The number of rotatable bonds is 49. The molecule has 3 unspecified atom stereocenters. The highest BCUT2D eigenvalue weighted by atomic mass is 31.2. The Morgan fingerprint density at radius 2 is 0.942 bits per heavy atom. The number of phosphoric ester groups is 1. The molecule has 0 aliphatic heterocycles. The first-order chi connectivity index (χ1) is 33.4. The Morgan fingerprint density at radius 3 is 1.45 bits per heavy atom. The van der Waals surface area contributed by atoms with Gasteiger partial charge in [-0.3, -0.25) is 14.2 Å². The molecule has 398 valence electrons. The summed E-state index contributed by atoms with van der Waals surface area (Å²) in [6.07, 6.45) is 62.7. The van der Waals surface area contributed by atoms with E-state index in [4.69, 9.17) is 13.8 Å². The quantitative estimate of drug-likeness (QED) is 0.0212. The van der Waals surface area contributed by atoms with Gasteiger partial charge in [0.2, 0.25) is 5.91 Å². The number of hydrogen-bond acceptors (Lipinski definition) is 7. The molecule has 10 heteroatoms. The highest BCUT2D eigenvalue weighted by Crippen LogP contribution is 2.38. The van der Waals surface area contributed by atoms with Crippen LogP contribution in [0.25, 0.3) is 0 Å². The molecule has 0 aliphatic rings. The molecular formula is C59H105N2O7P. The number of esters is 1. The maximum Gasteiger partial charge on any atom is 0.306 e. The third-order valence-corrected chi connectivity index (χ3v) is 12.8. The summed E-state index contributed by atoms with van der Waals surface area (Å²) < 4.78 is 30.1. The van der Waals surface area contributed by atoms with E-state index in [0.717, 1.165) is 83.5 Å². The van der Waals surface area contributed by atoms with E-state index in [0.29, 0.717) is 23.9 Å². The zero-order valence-electron chi connectivity index (χ0n) is 45.2. The average Bonchev–Trinajstić information content (AvgIpc) is 3.31. The summed E-state index contributed by atoms with van der Waals surface area (Å²) in [4.78, 5) is 39.8. The van der Waals surface area contributed by atoms with Gasteiger partial charge in [0, 0.05) is 12.8 Å². The molecule has 3 atom stereocenters. The normalized spacial score (nSPS) is 14.5. The van der Waals surface area contributed by atoms with Gasteiger partial charge in [-0.1, -0.05) is 202 Å². The maximum absolute atomic E-state index is 13.4. The van der Waals surface area contributed by atoms with Crippen molar-refractivity contribution in [2.24, 2.45) is 0 Å². The molecule has 0 aromatic heterocycles. The second kappa shape index (κ2) is 48.8. The Morgan fingerprint density at radius 1 is 0.522 bits per heavy atom. The Kier molecular flexibility index (Phi) is 46.8. The van der Waals surface area contributed by atoms with Crippen LogP contribution in [0.4, 0.5) is 0 Å². The lowest BCUT2D eigenvalue weighted by atomic mass is 10.1. The van der Waals surface area contributed by atoms with Gasteiger partial charge in [-0.15, -0.1) is 0 Å². The third-order valence-electron chi connectivity index (χ3n) is 11.8. The van der Waals surface area contributed by atoms with Crippen molar-refractivity contribution in [2.75, 3.05) is 40.9 Å². The van der Waals surface area contributed by atoms with Gasteiger partial charge >= 0.3 is 5.97 Å². The molecule has 0 aromatic carbocycles. The summed E-state index contributed by atoms with van der Waals surface area (Å²) >= 11 is 0. The van der Waals surface area contributed by atoms with E-state index in [1.807, 2.05) is 33.3 Å². The van der Waals surface area contributed by atoms with Crippen molar-refractivity contribution in [3.8, 4) is 0 Å². The van der Waals surface area contributed by atoms with Crippen LogP contribution in [0.15, 0.2) is 85.1 Å². The van der Waals surface area contributed by atoms with E-state index < -0.39 is 26.6 Å². The van der Waals surface area contributed by atoms with Crippen molar-refractivity contribution in [3.05, 3.63) is 85.1 Å². The molecule has 0 heterocycles. The van der Waals surface area contributed by atoms with Crippen LogP contribution in [0.2, 0.25) is 0 Å². The molecule has 0 aromatic rings. The topological polar surface area (TPSA) is 114 Å². The van der Waals surface area contributed by atoms with E-state index in [1.54, 1.807) is 0 Å². The lowest BCUT2D eigenvalue weighted by Gasteiger charge is -2.30. The molecule has 0 rings (SSSR count). The van der Waals surface area contributed by atoms with Crippen LogP contribution in [0.5, 0.6) is 0 Å². The fourth-order valence-electron chi connectivity index (χ4n) is 7.49. The first kappa shape index (κ1) is 66.2. The van der Waals surface area contributed by atoms with Crippen LogP contribution in [-0.2, 0) is 27.9 Å². The molecule has 0 saturated carbocycles. The van der Waals surface area contributed by atoms with E-state index in [-0.39, 0.29) is 31.3 Å². The molecule has 0 fully saturated rings. The fraction of sp³-hybridized carbons (Fsp3) is 0.729. The second-order valence-electron chi connectivity index (χ2n) is 19.7. The standard InChI is InChI=1S/C59H105N2O7P/c1-7-10-13-16-19-22-25-27-29-30-32-33-36-39-42-45-48-51-58(62)60-56(55-67-69(64,65)66-54-53-61(4,5)6)57(50-47-44-41-38-35-24-21-18-15-12-9-3)68-59(63)52-49-46-43-40-37-34-31-28-26-23-20-17-14-11-8-2/h10,13,19,22-23,26-27,29,32-33,39,42,47,50,56-57H,7-9,11-12,14-18,20-21,24-25,28,30-31,34-38,40-41,43-46,48-49,51-55H2,1-6H3,(H-,60,62,64,65)/b13-10-,22-19-,26-23-,29-27-,33-32-,42-39-,50-47+. The summed E-state index contributed by atoms with van der Waals surface area (Å²) in [5, 5.41) is 2.98. The summed E-state index contributed by atoms with van der Waals surface area (Å²) in [5.41, 5.74) is 0. The Bertz CT molecular complexity index is 1460. The lowest BCUT2D eigenvalue weighted by molar-refractivity contribution is -0.870. The number of amides is 1. The van der Waals surface area contributed by atoms with Crippen molar-refractivity contribution >= 4 is 19.7 Å². The van der Waals surface area contributed by atoms with Crippen LogP contribution in [0.1, 0.15) is 226 Å². The Balaban J connectivity index is 5.45. The third kappa shape index (κ3) is 49.9. The predicted molar refractivity (Wildman–Crippen MR) is 293 cm³/mol.